The van der Waals surface area contributed by atoms with Gasteiger partial charge in [0.05, 0.1) is 0 Å². The molecule has 3 aliphatic rings. The van der Waals surface area contributed by atoms with E-state index in [2.05, 4.69) is 10.3 Å². The first-order valence-corrected chi connectivity index (χ1v) is 6.85. The first kappa shape index (κ1) is 13.4. The quantitative estimate of drug-likeness (QED) is 0.468. The molecule has 3 fully saturated rings. The predicted octanol–water partition coefficient (Wildman–Crippen LogP) is 2.64. The standard InChI is InChI=1S/C13H23N3.HI/c14-12(15-9-10-4-3-5-10)16-11-8-13(11)6-1-2-7-13;/h10-11H,1-9H2,(H3,14,15,16);1H. The lowest BCUT2D eigenvalue weighted by molar-refractivity contribution is 0.326. The summed E-state index contributed by atoms with van der Waals surface area (Å²) in [5.74, 6) is 1.51. The smallest absolute Gasteiger partial charge is 0.188 e. The normalized spacial score (nSPS) is 30.8. The van der Waals surface area contributed by atoms with Gasteiger partial charge in [-0.25, -0.2) is 0 Å². The van der Waals surface area contributed by atoms with E-state index in [4.69, 9.17) is 5.73 Å². The van der Waals surface area contributed by atoms with Gasteiger partial charge in [0.25, 0.3) is 0 Å². The van der Waals surface area contributed by atoms with Crippen LogP contribution in [0.3, 0.4) is 0 Å². The lowest BCUT2D eigenvalue weighted by Crippen LogP contribution is -2.36. The molecule has 3 saturated carbocycles. The Hall–Kier alpha value is 0. The van der Waals surface area contributed by atoms with Crippen LogP contribution in [-0.2, 0) is 0 Å². The monoisotopic (exact) mass is 349 g/mol. The second-order valence-electron chi connectivity index (χ2n) is 5.99. The van der Waals surface area contributed by atoms with Crippen molar-refractivity contribution in [2.45, 2.75) is 57.4 Å². The fraction of sp³-hybridized carbons (Fsp3) is 0.923. The van der Waals surface area contributed by atoms with Crippen LogP contribution in [0.15, 0.2) is 4.99 Å². The van der Waals surface area contributed by atoms with Gasteiger partial charge in [0.1, 0.15) is 0 Å². The van der Waals surface area contributed by atoms with Crippen LogP contribution in [0, 0.1) is 11.3 Å². The van der Waals surface area contributed by atoms with Gasteiger partial charge < -0.3 is 11.1 Å². The number of halogens is 1. The van der Waals surface area contributed by atoms with E-state index < -0.39 is 0 Å². The van der Waals surface area contributed by atoms with Crippen molar-refractivity contribution in [3.8, 4) is 0 Å². The number of nitrogens with zero attached hydrogens (tertiary/aromatic N) is 1. The highest BCUT2D eigenvalue weighted by Crippen LogP contribution is 2.57. The van der Waals surface area contributed by atoms with Crippen molar-refractivity contribution in [3.63, 3.8) is 0 Å². The van der Waals surface area contributed by atoms with E-state index in [1.807, 2.05) is 0 Å². The molecule has 3 aliphatic carbocycles. The summed E-state index contributed by atoms with van der Waals surface area (Å²) in [4.78, 5) is 4.46. The second kappa shape index (κ2) is 5.33. The molecule has 3 nitrogen and oxygen atoms in total. The number of rotatable bonds is 3. The number of aliphatic imine (C=N–C) groups is 1. The summed E-state index contributed by atoms with van der Waals surface area (Å²) in [6.07, 6.45) is 11.1. The molecule has 0 aromatic carbocycles. The van der Waals surface area contributed by atoms with E-state index in [1.54, 1.807) is 0 Å². The van der Waals surface area contributed by atoms with Gasteiger partial charge in [-0.2, -0.15) is 0 Å². The Morgan fingerprint density at radius 2 is 1.94 bits per heavy atom. The highest BCUT2D eigenvalue weighted by molar-refractivity contribution is 14.0. The Kier molecular flexibility index (Phi) is 4.21. The van der Waals surface area contributed by atoms with Crippen molar-refractivity contribution in [1.29, 1.82) is 0 Å². The van der Waals surface area contributed by atoms with Crippen molar-refractivity contribution in [2.24, 2.45) is 22.1 Å². The number of hydrogen-bond acceptors (Lipinski definition) is 1. The van der Waals surface area contributed by atoms with Crippen molar-refractivity contribution in [2.75, 3.05) is 6.54 Å². The number of hydrogen-bond donors (Lipinski definition) is 2. The van der Waals surface area contributed by atoms with Crippen LogP contribution >= 0.6 is 24.0 Å². The molecule has 3 rings (SSSR count). The Bertz CT molecular complexity index is 293. The maximum Gasteiger partial charge on any atom is 0.188 e. The van der Waals surface area contributed by atoms with Gasteiger partial charge in [-0.3, -0.25) is 4.99 Å². The Balaban J connectivity index is 0.00000108. The topological polar surface area (TPSA) is 50.4 Å². The van der Waals surface area contributed by atoms with Crippen molar-refractivity contribution < 1.29 is 0 Å². The molecule has 0 bridgehead atoms. The largest absolute Gasteiger partial charge is 0.370 e. The number of nitrogens with two attached hydrogens (primary N) is 1. The van der Waals surface area contributed by atoms with Crippen LogP contribution in [0.2, 0.25) is 0 Å². The molecule has 0 heterocycles. The maximum atomic E-state index is 5.93. The molecule has 0 aromatic rings. The van der Waals surface area contributed by atoms with E-state index in [1.165, 1.54) is 51.4 Å². The van der Waals surface area contributed by atoms with Crippen molar-refractivity contribution >= 4 is 29.9 Å². The van der Waals surface area contributed by atoms with Gasteiger partial charge in [0, 0.05) is 12.6 Å². The van der Waals surface area contributed by atoms with Crippen LogP contribution in [-0.4, -0.2) is 18.5 Å². The maximum absolute atomic E-state index is 5.93. The van der Waals surface area contributed by atoms with Crippen LogP contribution in [0.25, 0.3) is 0 Å². The SMILES string of the molecule is I.NC(=NCC1CCC1)NC1CC12CCCC2. The highest BCUT2D eigenvalue weighted by atomic mass is 127. The summed E-state index contributed by atoms with van der Waals surface area (Å²) in [7, 11) is 0. The minimum Gasteiger partial charge on any atom is -0.370 e. The summed E-state index contributed by atoms with van der Waals surface area (Å²) in [6.45, 7) is 0.943. The number of nitrogens with one attached hydrogen (secondary N) is 1. The van der Waals surface area contributed by atoms with E-state index in [-0.39, 0.29) is 24.0 Å². The van der Waals surface area contributed by atoms with E-state index in [9.17, 15) is 0 Å². The van der Waals surface area contributed by atoms with E-state index >= 15 is 0 Å². The lowest BCUT2D eigenvalue weighted by Gasteiger charge is -2.23. The van der Waals surface area contributed by atoms with Crippen LogP contribution in [0.4, 0.5) is 0 Å². The average Bonchev–Trinajstić information content (AvgIpc) is 2.64. The summed E-state index contributed by atoms with van der Waals surface area (Å²) < 4.78 is 0. The van der Waals surface area contributed by atoms with Gasteiger partial charge in [0.15, 0.2) is 5.96 Å². The molecular weight excluding hydrogens is 325 g/mol. The molecule has 0 amide bonds. The van der Waals surface area contributed by atoms with Gasteiger partial charge in [-0.05, 0) is 43.4 Å². The van der Waals surface area contributed by atoms with Gasteiger partial charge >= 0.3 is 0 Å². The highest BCUT2D eigenvalue weighted by Gasteiger charge is 2.55. The molecule has 1 unspecified atom stereocenters. The summed E-state index contributed by atoms with van der Waals surface area (Å²) in [5, 5.41) is 3.42. The zero-order valence-electron chi connectivity index (χ0n) is 10.5. The fourth-order valence-corrected chi connectivity index (χ4v) is 3.31. The van der Waals surface area contributed by atoms with Crippen molar-refractivity contribution in [1.82, 2.24) is 5.32 Å². The molecule has 0 saturated heterocycles. The molecule has 0 aromatic heterocycles. The van der Waals surface area contributed by atoms with Crippen LogP contribution in [0.1, 0.15) is 51.4 Å². The molecule has 1 spiro atoms. The fourth-order valence-electron chi connectivity index (χ4n) is 3.31. The molecule has 4 heteroatoms. The molecule has 0 radical (unpaired) electrons. The zero-order valence-corrected chi connectivity index (χ0v) is 12.8. The number of guanidine groups is 1. The third kappa shape index (κ3) is 2.88. The summed E-state index contributed by atoms with van der Waals surface area (Å²) >= 11 is 0. The van der Waals surface area contributed by atoms with E-state index in [0.29, 0.717) is 17.4 Å². The first-order chi connectivity index (χ1) is 7.78. The third-order valence-corrected chi connectivity index (χ3v) is 4.86. The van der Waals surface area contributed by atoms with Crippen LogP contribution < -0.4 is 11.1 Å². The Morgan fingerprint density at radius 1 is 1.24 bits per heavy atom. The zero-order chi connectivity index (χ0) is 11.0. The van der Waals surface area contributed by atoms with E-state index in [0.717, 1.165) is 12.5 Å². The first-order valence-electron chi connectivity index (χ1n) is 6.85. The minimum absolute atomic E-state index is 0. The Morgan fingerprint density at radius 3 is 2.53 bits per heavy atom. The summed E-state index contributed by atoms with van der Waals surface area (Å²) in [5.41, 5.74) is 6.55. The lowest BCUT2D eigenvalue weighted by atomic mass is 9.86. The molecule has 0 aliphatic heterocycles. The van der Waals surface area contributed by atoms with Crippen LogP contribution in [0.5, 0.6) is 0 Å². The molecular formula is C13H24IN3. The molecule has 1 atom stereocenters. The molecule has 17 heavy (non-hydrogen) atoms. The minimum atomic E-state index is 0. The van der Waals surface area contributed by atoms with Crippen molar-refractivity contribution in [3.05, 3.63) is 0 Å². The average molecular weight is 349 g/mol. The predicted molar refractivity (Wildman–Crippen MR) is 81.7 cm³/mol. The second-order valence-corrected chi connectivity index (χ2v) is 5.99. The van der Waals surface area contributed by atoms with Gasteiger partial charge in [0.2, 0.25) is 0 Å². The summed E-state index contributed by atoms with van der Waals surface area (Å²) in [6, 6.07) is 0.639. The molecule has 3 N–H and O–H groups in total. The Labute approximate surface area is 121 Å². The van der Waals surface area contributed by atoms with Gasteiger partial charge in [-0.1, -0.05) is 19.3 Å². The molecule has 98 valence electrons. The van der Waals surface area contributed by atoms with Gasteiger partial charge in [-0.15, -0.1) is 24.0 Å². The third-order valence-electron chi connectivity index (χ3n) is 4.86.